The van der Waals surface area contributed by atoms with Crippen LogP contribution in [0.25, 0.3) is 0 Å². The summed E-state index contributed by atoms with van der Waals surface area (Å²) in [5.41, 5.74) is 4.91. The summed E-state index contributed by atoms with van der Waals surface area (Å²) in [6.07, 6.45) is 0. The second-order valence-corrected chi connectivity index (χ2v) is 5.08. The molecule has 3 nitrogen and oxygen atoms in total. The van der Waals surface area contributed by atoms with Gasteiger partial charge < -0.3 is 14.8 Å². The Kier molecular flexibility index (Phi) is 5.09. The van der Waals surface area contributed by atoms with Gasteiger partial charge in [-0.05, 0) is 44.0 Å². The molecular formula is C18H23NO2. The van der Waals surface area contributed by atoms with Gasteiger partial charge in [-0.25, -0.2) is 0 Å². The van der Waals surface area contributed by atoms with Crippen molar-refractivity contribution in [3.8, 4) is 11.5 Å². The first-order valence-electron chi connectivity index (χ1n) is 7.25. The minimum atomic E-state index is 0.631. The lowest BCUT2D eigenvalue weighted by molar-refractivity contribution is 0.311. The molecule has 0 atom stereocenters. The number of rotatable bonds is 6. The second-order valence-electron chi connectivity index (χ2n) is 5.08. The summed E-state index contributed by atoms with van der Waals surface area (Å²) < 4.78 is 10.9. The largest absolute Gasteiger partial charge is 0.493 e. The monoisotopic (exact) mass is 285 g/mol. The highest BCUT2D eigenvalue weighted by Crippen LogP contribution is 2.30. The van der Waals surface area contributed by atoms with Gasteiger partial charge in [-0.3, -0.25) is 0 Å². The third-order valence-corrected chi connectivity index (χ3v) is 3.45. The minimum absolute atomic E-state index is 0.631. The molecule has 1 N–H and O–H groups in total. The zero-order valence-electron chi connectivity index (χ0n) is 13.2. The Morgan fingerprint density at radius 2 is 1.81 bits per heavy atom. The van der Waals surface area contributed by atoms with Gasteiger partial charge in [0.05, 0.1) is 13.7 Å². The van der Waals surface area contributed by atoms with Crippen LogP contribution in [0.4, 0.5) is 5.69 Å². The van der Waals surface area contributed by atoms with Crippen LogP contribution in [-0.2, 0) is 6.54 Å². The van der Waals surface area contributed by atoms with Crippen molar-refractivity contribution in [3.05, 3.63) is 53.1 Å². The van der Waals surface area contributed by atoms with Gasteiger partial charge in [0.15, 0.2) is 11.5 Å². The van der Waals surface area contributed by atoms with Gasteiger partial charge in [0.2, 0.25) is 0 Å². The molecule has 112 valence electrons. The van der Waals surface area contributed by atoms with Gasteiger partial charge >= 0.3 is 0 Å². The van der Waals surface area contributed by atoms with Crippen LogP contribution < -0.4 is 14.8 Å². The Morgan fingerprint density at radius 3 is 2.52 bits per heavy atom. The molecule has 0 aliphatic heterocycles. The van der Waals surface area contributed by atoms with Crippen molar-refractivity contribution in [1.29, 1.82) is 0 Å². The fourth-order valence-electron chi connectivity index (χ4n) is 2.24. The number of ether oxygens (including phenoxy) is 2. The Morgan fingerprint density at radius 1 is 1.00 bits per heavy atom. The van der Waals surface area contributed by atoms with Crippen LogP contribution in [0, 0.1) is 13.8 Å². The summed E-state index contributed by atoms with van der Waals surface area (Å²) in [5.74, 6) is 1.53. The molecule has 2 rings (SSSR count). The van der Waals surface area contributed by atoms with E-state index >= 15 is 0 Å². The van der Waals surface area contributed by atoms with Crippen molar-refractivity contribution >= 4 is 5.69 Å². The lowest BCUT2D eigenvalue weighted by Gasteiger charge is -2.13. The molecule has 2 aromatic carbocycles. The molecule has 21 heavy (non-hydrogen) atoms. The average molecular weight is 285 g/mol. The molecule has 0 fully saturated rings. The molecule has 0 heterocycles. The van der Waals surface area contributed by atoms with Gasteiger partial charge in [-0.2, -0.15) is 0 Å². The molecule has 0 aromatic heterocycles. The van der Waals surface area contributed by atoms with E-state index in [2.05, 4.69) is 37.4 Å². The molecule has 0 aliphatic carbocycles. The zero-order chi connectivity index (χ0) is 15.2. The Hall–Kier alpha value is -2.16. The van der Waals surface area contributed by atoms with Crippen LogP contribution in [0.15, 0.2) is 36.4 Å². The fourth-order valence-corrected chi connectivity index (χ4v) is 2.24. The van der Waals surface area contributed by atoms with Crippen molar-refractivity contribution in [2.24, 2.45) is 0 Å². The van der Waals surface area contributed by atoms with E-state index in [1.54, 1.807) is 7.11 Å². The van der Waals surface area contributed by atoms with Gasteiger partial charge in [-0.1, -0.05) is 23.8 Å². The first-order chi connectivity index (χ1) is 10.1. The molecule has 0 unspecified atom stereocenters. The maximum Gasteiger partial charge on any atom is 0.162 e. The van der Waals surface area contributed by atoms with Crippen molar-refractivity contribution < 1.29 is 9.47 Å². The smallest absolute Gasteiger partial charge is 0.162 e. The first-order valence-corrected chi connectivity index (χ1v) is 7.25. The summed E-state index contributed by atoms with van der Waals surface area (Å²) in [6, 6.07) is 12.4. The number of nitrogens with one attached hydrogen (secondary N) is 1. The Labute approximate surface area is 126 Å². The lowest BCUT2D eigenvalue weighted by atomic mass is 10.1. The predicted octanol–water partition coefficient (Wildman–Crippen LogP) is 4.32. The number of benzene rings is 2. The quantitative estimate of drug-likeness (QED) is 0.857. The summed E-state index contributed by atoms with van der Waals surface area (Å²) in [7, 11) is 1.66. The topological polar surface area (TPSA) is 30.5 Å². The van der Waals surface area contributed by atoms with Crippen LogP contribution in [0.5, 0.6) is 11.5 Å². The summed E-state index contributed by atoms with van der Waals surface area (Å²) in [5, 5.41) is 3.44. The van der Waals surface area contributed by atoms with Gasteiger partial charge in [0.25, 0.3) is 0 Å². The molecule has 0 saturated carbocycles. The standard InChI is InChI=1S/C18H23NO2/c1-5-21-17-9-8-16(11-18(17)20-4)19-12-15-10-13(2)6-7-14(15)3/h6-11,19H,5,12H2,1-4H3. The lowest BCUT2D eigenvalue weighted by Crippen LogP contribution is -2.02. The van der Waals surface area contributed by atoms with E-state index in [9.17, 15) is 0 Å². The fraction of sp³-hybridized carbons (Fsp3) is 0.333. The first kappa shape index (κ1) is 15.2. The second kappa shape index (κ2) is 7.02. The average Bonchev–Trinajstić information content (AvgIpc) is 2.49. The predicted molar refractivity (Wildman–Crippen MR) is 87.4 cm³/mol. The molecule has 0 aliphatic rings. The van der Waals surface area contributed by atoms with E-state index < -0.39 is 0 Å². The molecular weight excluding hydrogens is 262 g/mol. The number of anilines is 1. The molecule has 0 saturated heterocycles. The molecule has 0 bridgehead atoms. The highest BCUT2D eigenvalue weighted by molar-refractivity contribution is 5.55. The third kappa shape index (κ3) is 3.91. The normalized spacial score (nSPS) is 10.3. The van der Waals surface area contributed by atoms with E-state index in [-0.39, 0.29) is 0 Å². The molecule has 3 heteroatoms. The van der Waals surface area contributed by atoms with E-state index in [0.29, 0.717) is 6.61 Å². The maximum atomic E-state index is 5.53. The summed E-state index contributed by atoms with van der Waals surface area (Å²) >= 11 is 0. The van der Waals surface area contributed by atoms with E-state index in [0.717, 1.165) is 23.7 Å². The summed E-state index contributed by atoms with van der Waals surface area (Å²) in [6.45, 7) is 7.64. The van der Waals surface area contributed by atoms with Crippen molar-refractivity contribution in [1.82, 2.24) is 0 Å². The highest BCUT2D eigenvalue weighted by atomic mass is 16.5. The molecule has 0 amide bonds. The van der Waals surface area contributed by atoms with Crippen LogP contribution >= 0.6 is 0 Å². The number of hydrogen-bond acceptors (Lipinski definition) is 3. The highest BCUT2D eigenvalue weighted by Gasteiger charge is 2.05. The zero-order valence-corrected chi connectivity index (χ0v) is 13.2. The molecule has 2 aromatic rings. The number of hydrogen-bond donors (Lipinski definition) is 1. The van der Waals surface area contributed by atoms with Crippen molar-refractivity contribution in [3.63, 3.8) is 0 Å². The molecule has 0 radical (unpaired) electrons. The van der Waals surface area contributed by atoms with Crippen LogP contribution in [0.1, 0.15) is 23.6 Å². The van der Waals surface area contributed by atoms with Crippen LogP contribution in [-0.4, -0.2) is 13.7 Å². The summed E-state index contributed by atoms with van der Waals surface area (Å²) in [4.78, 5) is 0. The Balaban J connectivity index is 2.11. The van der Waals surface area contributed by atoms with Gasteiger partial charge in [0, 0.05) is 18.3 Å². The van der Waals surface area contributed by atoms with Crippen molar-refractivity contribution in [2.75, 3.05) is 19.0 Å². The molecule has 0 spiro atoms. The van der Waals surface area contributed by atoms with Crippen LogP contribution in [0.2, 0.25) is 0 Å². The van der Waals surface area contributed by atoms with Crippen molar-refractivity contribution in [2.45, 2.75) is 27.3 Å². The minimum Gasteiger partial charge on any atom is -0.493 e. The van der Waals surface area contributed by atoms with Gasteiger partial charge in [0.1, 0.15) is 0 Å². The van der Waals surface area contributed by atoms with E-state index in [1.165, 1.54) is 16.7 Å². The van der Waals surface area contributed by atoms with E-state index in [1.807, 2.05) is 25.1 Å². The maximum absolute atomic E-state index is 5.53. The van der Waals surface area contributed by atoms with Gasteiger partial charge in [-0.15, -0.1) is 0 Å². The SMILES string of the molecule is CCOc1ccc(NCc2cc(C)ccc2C)cc1OC. The number of methoxy groups -OCH3 is 1. The van der Waals surface area contributed by atoms with E-state index in [4.69, 9.17) is 9.47 Å². The van der Waals surface area contributed by atoms with Crippen LogP contribution in [0.3, 0.4) is 0 Å². The number of aryl methyl sites for hydroxylation is 2. The third-order valence-electron chi connectivity index (χ3n) is 3.45. The Bertz CT molecular complexity index is 608.